The van der Waals surface area contributed by atoms with Crippen LogP contribution in [0.5, 0.6) is 0 Å². The fourth-order valence-electron chi connectivity index (χ4n) is 2.06. The Morgan fingerprint density at radius 2 is 2.12 bits per heavy atom. The maximum absolute atomic E-state index is 9.43. The van der Waals surface area contributed by atoms with E-state index in [-0.39, 0.29) is 11.4 Å². The smallest absolute Gasteiger partial charge is 0.224 e. The Balaban J connectivity index is 1.87. The van der Waals surface area contributed by atoms with E-state index in [9.17, 15) is 5.11 Å². The second kappa shape index (κ2) is 5.98. The number of hydrogen-bond donors (Lipinski definition) is 2. The molecule has 2 N–H and O–H groups in total. The van der Waals surface area contributed by atoms with E-state index in [2.05, 4.69) is 31.2 Å². The summed E-state index contributed by atoms with van der Waals surface area (Å²) in [5.74, 6) is 1.33. The number of nitrogens with one attached hydrogen (secondary N) is 1. The molecular weight excluding hydrogens is 305 g/mol. The molecule has 0 radical (unpaired) electrons. The molecule has 1 fully saturated rings. The zero-order valence-electron chi connectivity index (χ0n) is 9.37. The molecule has 0 aromatic carbocycles. The number of aromatic nitrogens is 2. The largest absolute Gasteiger partial charge is 0.393 e. The zero-order chi connectivity index (χ0) is 12.3. The fraction of sp³-hybridized carbons (Fsp3) is 0.636. The van der Waals surface area contributed by atoms with Gasteiger partial charge in [-0.15, -0.1) is 0 Å². The summed E-state index contributed by atoms with van der Waals surface area (Å²) in [6.45, 7) is 0.860. The summed E-state index contributed by atoms with van der Waals surface area (Å²) < 4.78 is 0.817. The molecule has 17 heavy (non-hydrogen) atoms. The normalized spacial score (nSPS) is 24.6. The first kappa shape index (κ1) is 13.1. The highest BCUT2D eigenvalue weighted by Crippen LogP contribution is 2.26. The molecule has 0 unspecified atom stereocenters. The molecule has 1 saturated carbocycles. The summed E-state index contributed by atoms with van der Waals surface area (Å²) in [5.41, 5.74) is 0. The predicted molar refractivity (Wildman–Crippen MR) is 71.2 cm³/mol. The van der Waals surface area contributed by atoms with E-state index in [0.717, 1.165) is 42.5 Å². The number of aliphatic hydroxyl groups excluding tert-OH is 1. The summed E-state index contributed by atoms with van der Waals surface area (Å²) in [6, 6.07) is 0. The Morgan fingerprint density at radius 3 is 2.82 bits per heavy atom. The molecule has 1 aliphatic rings. The molecule has 0 bridgehead atoms. The molecule has 94 valence electrons. The Labute approximate surface area is 114 Å². The molecule has 4 nitrogen and oxygen atoms in total. The summed E-state index contributed by atoms with van der Waals surface area (Å²) in [5, 5.41) is 12.9. The summed E-state index contributed by atoms with van der Waals surface area (Å²) in [6.07, 6.45) is 5.46. The lowest BCUT2D eigenvalue weighted by Gasteiger charge is -2.25. The van der Waals surface area contributed by atoms with E-state index >= 15 is 0 Å². The highest BCUT2D eigenvalue weighted by Gasteiger charge is 2.19. The third-order valence-electron chi connectivity index (χ3n) is 3.09. The molecular formula is C11H15BrClN3O. The average molecular weight is 321 g/mol. The quantitative estimate of drug-likeness (QED) is 0.841. The van der Waals surface area contributed by atoms with Gasteiger partial charge in [-0.3, -0.25) is 0 Å². The minimum absolute atomic E-state index is 0.105. The van der Waals surface area contributed by atoms with Crippen molar-refractivity contribution in [2.45, 2.75) is 31.8 Å². The van der Waals surface area contributed by atoms with Crippen molar-refractivity contribution in [2.24, 2.45) is 5.92 Å². The van der Waals surface area contributed by atoms with Crippen molar-refractivity contribution in [2.75, 3.05) is 11.9 Å². The van der Waals surface area contributed by atoms with Gasteiger partial charge in [0.05, 0.1) is 10.6 Å². The topological polar surface area (TPSA) is 58.0 Å². The highest BCUT2D eigenvalue weighted by atomic mass is 79.9. The first-order valence-corrected chi connectivity index (χ1v) is 6.92. The van der Waals surface area contributed by atoms with Crippen molar-refractivity contribution in [1.29, 1.82) is 0 Å². The lowest BCUT2D eigenvalue weighted by atomic mass is 9.87. The fourth-order valence-corrected chi connectivity index (χ4v) is 2.52. The first-order chi connectivity index (χ1) is 8.15. The maximum Gasteiger partial charge on any atom is 0.224 e. The van der Waals surface area contributed by atoms with Gasteiger partial charge in [0.25, 0.3) is 0 Å². The SMILES string of the molecule is O[C@H]1CC[C@H](CNc2nc(Cl)ncc2Br)CC1. The Hall–Kier alpha value is -0.390. The van der Waals surface area contributed by atoms with E-state index in [1.165, 1.54) is 0 Å². The summed E-state index contributed by atoms with van der Waals surface area (Å²) in [4.78, 5) is 8.00. The Kier molecular flexibility index (Phi) is 4.59. The molecule has 1 aromatic rings. The van der Waals surface area contributed by atoms with Crippen molar-refractivity contribution in [3.8, 4) is 0 Å². The monoisotopic (exact) mass is 319 g/mol. The van der Waals surface area contributed by atoms with E-state index < -0.39 is 0 Å². The van der Waals surface area contributed by atoms with E-state index in [1.807, 2.05) is 0 Å². The van der Waals surface area contributed by atoms with Crippen molar-refractivity contribution in [3.63, 3.8) is 0 Å². The third-order valence-corrected chi connectivity index (χ3v) is 3.85. The van der Waals surface area contributed by atoms with Gasteiger partial charge >= 0.3 is 0 Å². The number of hydrogen-bond acceptors (Lipinski definition) is 4. The molecule has 1 aromatic heterocycles. The van der Waals surface area contributed by atoms with Crippen LogP contribution in [-0.2, 0) is 0 Å². The minimum atomic E-state index is -0.105. The lowest BCUT2D eigenvalue weighted by molar-refractivity contribution is 0.111. The lowest BCUT2D eigenvalue weighted by Crippen LogP contribution is -2.23. The Morgan fingerprint density at radius 1 is 1.41 bits per heavy atom. The van der Waals surface area contributed by atoms with Crippen LogP contribution in [0.15, 0.2) is 10.7 Å². The van der Waals surface area contributed by atoms with Gasteiger partial charge in [-0.05, 0) is 59.1 Å². The number of rotatable bonds is 3. The molecule has 6 heteroatoms. The second-order valence-electron chi connectivity index (χ2n) is 4.39. The van der Waals surface area contributed by atoms with Crippen molar-refractivity contribution in [1.82, 2.24) is 9.97 Å². The zero-order valence-corrected chi connectivity index (χ0v) is 11.7. The molecule has 1 aliphatic carbocycles. The molecule has 2 rings (SSSR count). The van der Waals surface area contributed by atoms with Gasteiger partial charge in [-0.25, -0.2) is 4.98 Å². The van der Waals surface area contributed by atoms with E-state index in [4.69, 9.17) is 11.6 Å². The number of halogens is 2. The maximum atomic E-state index is 9.43. The van der Waals surface area contributed by atoms with Crippen LogP contribution in [0.2, 0.25) is 5.28 Å². The molecule has 0 amide bonds. The molecule has 0 atom stereocenters. The van der Waals surface area contributed by atoms with Crippen LogP contribution >= 0.6 is 27.5 Å². The average Bonchev–Trinajstić information content (AvgIpc) is 2.32. The predicted octanol–water partition coefficient (Wildman–Crippen LogP) is 2.86. The summed E-state index contributed by atoms with van der Waals surface area (Å²) in [7, 11) is 0. The van der Waals surface area contributed by atoms with Gasteiger partial charge in [-0.2, -0.15) is 4.98 Å². The van der Waals surface area contributed by atoms with E-state index in [1.54, 1.807) is 6.20 Å². The van der Waals surface area contributed by atoms with Crippen LogP contribution in [0.3, 0.4) is 0 Å². The van der Waals surface area contributed by atoms with Crippen LogP contribution in [0.4, 0.5) is 5.82 Å². The highest BCUT2D eigenvalue weighted by molar-refractivity contribution is 9.10. The van der Waals surface area contributed by atoms with Gasteiger partial charge in [-0.1, -0.05) is 0 Å². The van der Waals surface area contributed by atoms with Crippen molar-refractivity contribution in [3.05, 3.63) is 16.0 Å². The van der Waals surface area contributed by atoms with Crippen molar-refractivity contribution < 1.29 is 5.11 Å². The van der Waals surface area contributed by atoms with Gasteiger partial charge in [0.15, 0.2) is 0 Å². The standard InChI is InChI=1S/C11H15BrClN3O/c12-9-6-15-11(13)16-10(9)14-5-7-1-3-8(17)4-2-7/h6-8,17H,1-5H2,(H,14,15,16)/t7-,8-. The molecule has 0 aliphatic heterocycles. The molecule has 0 saturated heterocycles. The second-order valence-corrected chi connectivity index (χ2v) is 5.58. The third kappa shape index (κ3) is 3.79. The number of anilines is 1. The van der Waals surface area contributed by atoms with E-state index in [0.29, 0.717) is 5.92 Å². The van der Waals surface area contributed by atoms with Gasteiger partial charge in [0.2, 0.25) is 5.28 Å². The van der Waals surface area contributed by atoms with Crippen LogP contribution in [0.1, 0.15) is 25.7 Å². The number of aliphatic hydroxyl groups is 1. The van der Waals surface area contributed by atoms with Crippen LogP contribution < -0.4 is 5.32 Å². The number of nitrogens with zero attached hydrogens (tertiary/aromatic N) is 2. The van der Waals surface area contributed by atoms with Crippen LogP contribution in [0.25, 0.3) is 0 Å². The van der Waals surface area contributed by atoms with Crippen molar-refractivity contribution >= 4 is 33.3 Å². The first-order valence-electron chi connectivity index (χ1n) is 5.75. The van der Waals surface area contributed by atoms with Gasteiger partial charge in [0, 0.05) is 12.7 Å². The van der Waals surface area contributed by atoms with Crippen LogP contribution in [0, 0.1) is 5.92 Å². The summed E-state index contributed by atoms with van der Waals surface area (Å²) >= 11 is 9.12. The Bertz CT molecular complexity index is 383. The van der Waals surface area contributed by atoms with Crippen LogP contribution in [-0.4, -0.2) is 27.7 Å². The molecule has 1 heterocycles. The van der Waals surface area contributed by atoms with Gasteiger partial charge < -0.3 is 10.4 Å². The molecule has 0 spiro atoms. The van der Waals surface area contributed by atoms with Gasteiger partial charge in [0.1, 0.15) is 5.82 Å². The minimum Gasteiger partial charge on any atom is -0.393 e.